The molecule has 8 aliphatic rings. The van der Waals surface area contributed by atoms with Gasteiger partial charge in [0, 0.05) is 50.8 Å². The molecule has 0 saturated heterocycles. The number of fused-ring (bicyclic) bond motifs is 11. The third-order valence-electron chi connectivity index (χ3n) is 27.1. The van der Waals surface area contributed by atoms with Crippen molar-refractivity contribution in [2.45, 2.75) is 308 Å². The van der Waals surface area contributed by atoms with Gasteiger partial charge in [-0.25, -0.2) is 0 Å². The van der Waals surface area contributed by atoms with Crippen molar-refractivity contribution >= 4 is 74.5 Å². The van der Waals surface area contributed by atoms with Gasteiger partial charge in [0.15, 0.2) is 0 Å². The first-order valence-corrected chi connectivity index (χ1v) is 36.5. The number of benzene rings is 6. The molecule has 1 aromatic heterocycles. The smallest absolute Gasteiger partial charge is 0.297 e. The van der Waals surface area contributed by atoms with Crippen LogP contribution >= 0.6 is 0 Å². The van der Waals surface area contributed by atoms with Crippen LogP contribution in [0.3, 0.4) is 0 Å². The van der Waals surface area contributed by atoms with Crippen LogP contribution in [0.1, 0.15) is 310 Å². The molecule has 6 aliphatic carbocycles. The minimum absolute atomic E-state index is 0.00111. The lowest BCUT2D eigenvalue weighted by Gasteiger charge is -2.48. The summed E-state index contributed by atoms with van der Waals surface area (Å²) in [4.78, 5) is 8.30. The van der Waals surface area contributed by atoms with Crippen LogP contribution in [0.4, 0.5) is 51.2 Å². The summed E-state index contributed by atoms with van der Waals surface area (Å²) >= 11 is 0. The number of rotatable bonds is 5. The second-order valence-electron chi connectivity index (χ2n) is 39.3. The zero-order valence-electron chi connectivity index (χ0n) is 62.1. The second kappa shape index (κ2) is 19.4. The van der Waals surface area contributed by atoms with E-state index < -0.39 is 0 Å². The van der Waals surface area contributed by atoms with Crippen LogP contribution in [-0.4, -0.2) is 6.71 Å². The molecule has 15 rings (SSSR count). The fourth-order valence-corrected chi connectivity index (χ4v) is 19.8. The molecule has 2 aliphatic heterocycles. The van der Waals surface area contributed by atoms with Gasteiger partial charge in [0.2, 0.25) is 0 Å². The molecule has 0 spiro atoms. The van der Waals surface area contributed by atoms with Gasteiger partial charge in [-0.15, -0.1) is 0 Å². The first-order valence-electron chi connectivity index (χ1n) is 36.5. The van der Waals surface area contributed by atoms with E-state index in [1.54, 1.807) is 0 Å². The predicted octanol–water partition coefficient (Wildman–Crippen LogP) is 22.9. The van der Waals surface area contributed by atoms with Crippen LogP contribution in [0, 0.1) is 0 Å². The van der Waals surface area contributed by atoms with Gasteiger partial charge >= 0.3 is 0 Å². The Morgan fingerprint density at radius 3 is 1.04 bits per heavy atom. The quantitative estimate of drug-likeness (QED) is 0.160. The van der Waals surface area contributed by atoms with E-state index in [1.165, 1.54) is 155 Å². The molecular weight excluding hydrogens is 1130 g/mol. The van der Waals surface area contributed by atoms with Gasteiger partial charge in [0.25, 0.3) is 6.71 Å². The van der Waals surface area contributed by atoms with Crippen molar-refractivity contribution in [2.24, 2.45) is 0 Å². The standard InChI is InChI=1S/C88H112BN3O/c1-77(2)33-37-81(9,10)62-45-53(25-29-58(62)77)90(54-26-30-59-63(46-54)82(11,12)38-34-78(59,3)4)57-49-70-73-71(50-57)92(56-28-32-61-65(48-56)84(15,16)40-36-80(61,7)8)74-72-75(88(23,24)44-43-87(72,21)22)93-76(74)89(73)68-51-66-67(86(19,20)42-41-85(66,17)18)52-69(68)91(70)55-27-31-60-64(47-55)83(13,14)39-35-79(60,5)6/h25-32,45-52H,33-44H2,1-24H3. The maximum Gasteiger partial charge on any atom is 0.297 e. The minimum atomic E-state index is -0.183. The molecule has 0 bridgehead atoms. The predicted molar refractivity (Wildman–Crippen MR) is 399 cm³/mol. The lowest BCUT2D eigenvalue weighted by Crippen LogP contribution is -2.61. The molecule has 6 aromatic carbocycles. The zero-order valence-corrected chi connectivity index (χ0v) is 62.1. The average Bonchev–Trinajstić information content (AvgIpc) is 1.66. The van der Waals surface area contributed by atoms with E-state index in [-0.39, 0.29) is 71.7 Å². The first-order chi connectivity index (χ1) is 43.0. The molecule has 0 fully saturated rings. The fourth-order valence-electron chi connectivity index (χ4n) is 19.8. The van der Waals surface area contributed by atoms with Crippen molar-refractivity contribution in [1.29, 1.82) is 0 Å². The molecule has 5 heteroatoms. The van der Waals surface area contributed by atoms with Crippen molar-refractivity contribution < 1.29 is 4.42 Å². The Labute approximate surface area is 562 Å². The van der Waals surface area contributed by atoms with Crippen molar-refractivity contribution in [3.63, 3.8) is 0 Å². The van der Waals surface area contributed by atoms with Crippen molar-refractivity contribution in [1.82, 2.24) is 0 Å². The van der Waals surface area contributed by atoms with Crippen LogP contribution in [0.2, 0.25) is 0 Å². The van der Waals surface area contributed by atoms with Crippen LogP contribution < -0.4 is 31.3 Å². The number of anilines is 9. The molecule has 7 aromatic rings. The Kier molecular flexibility index (Phi) is 13.2. The molecule has 488 valence electrons. The second-order valence-corrected chi connectivity index (χ2v) is 39.3. The zero-order chi connectivity index (χ0) is 66.7. The lowest BCUT2D eigenvalue weighted by molar-refractivity contribution is 0.282. The Bertz CT molecular complexity index is 4250. The van der Waals surface area contributed by atoms with Gasteiger partial charge in [-0.05, 0) is 270 Å². The van der Waals surface area contributed by atoms with E-state index in [0.29, 0.717) is 0 Å². The molecule has 93 heavy (non-hydrogen) atoms. The normalized spacial score (nSPS) is 23.7. The van der Waals surface area contributed by atoms with Gasteiger partial charge in [0.05, 0.1) is 17.0 Å². The van der Waals surface area contributed by atoms with Crippen molar-refractivity contribution in [3.05, 3.63) is 164 Å². The number of nitrogens with zero attached hydrogens (tertiary/aromatic N) is 3. The van der Waals surface area contributed by atoms with Crippen molar-refractivity contribution in [2.75, 3.05) is 14.7 Å². The van der Waals surface area contributed by atoms with Gasteiger partial charge in [-0.3, -0.25) is 0 Å². The molecule has 0 radical (unpaired) electrons. The number of furan rings is 1. The summed E-state index contributed by atoms with van der Waals surface area (Å²) in [5.41, 5.74) is 31.1. The van der Waals surface area contributed by atoms with Crippen LogP contribution in [0.25, 0.3) is 0 Å². The average molecular weight is 1240 g/mol. The first kappa shape index (κ1) is 63.1. The topological polar surface area (TPSA) is 22.9 Å². The highest BCUT2D eigenvalue weighted by atomic mass is 16.3. The molecule has 0 amide bonds. The Hall–Kier alpha value is -5.94. The van der Waals surface area contributed by atoms with Gasteiger partial charge in [0.1, 0.15) is 5.76 Å². The third kappa shape index (κ3) is 9.28. The van der Waals surface area contributed by atoms with E-state index in [4.69, 9.17) is 4.42 Å². The van der Waals surface area contributed by atoms with Crippen LogP contribution in [-0.2, 0) is 65.0 Å². The molecule has 0 N–H and O–H groups in total. The summed E-state index contributed by atoms with van der Waals surface area (Å²) in [5.74, 6) is 1.17. The Morgan fingerprint density at radius 1 is 0.301 bits per heavy atom. The summed E-state index contributed by atoms with van der Waals surface area (Å²) in [6, 6.07) is 41.6. The van der Waals surface area contributed by atoms with E-state index in [1.807, 2.05) is 0 Å². The van der Waals surface area contributed by atoms with Crippen LogP contribution in [0.15, 0.2) is 101 Å². The fraction of sp³-hybridized carbons (Fsp3) is 0.545. The SMILES string of the molecule is CC1(C)CCC(C)(C)c2cc(N(c3cc4c5c(c3)N(c3ccc6c(c3)C(C)(C)CCC6(C)C)c3c(oc6c3C(C)(C)CCC6(C)C)B5c3cc5c(cc3N4c3ccc4c(c3)C(C)(C)CCC4(C)C)C(C)(C)CCC5(C)C)c3ccc4c(c3)C(C)(C)CCC4(C)C)ccc21. The van der Waals surface area contributed by atoms with E-state index in [2.05, 4.69) is 278 Å². The summed E-state index contributed by atoms with van der Waals surface area (Å²) < 4.78 is 8.15. The Morgan fingerprint density at radius 2 is 0.624 bits per heavy atom. The maximum atomic E-state index is 8.15. The highest BCUT2D eigenvalue weighted by Crippen LogP contribution is 2.60. The Balaban J connectivity index is 1.13. The minimum Gasteiger partial charge on any atom is -0.472 e. The maximum absolute atomic E-state index is 8.15. The third-order valence-corrected chi connectivity index (χ3v) is 27.1. The number of hydrogen-bond acceptors (Lipinski definition) is 4. The summed E-state index contributed by atoms with van der Waals surface area (Å²) in [6.07, 6.45) is 13.7. The van der Waals surface area contributed by atoms with E-state index in [9.17, 15) is 0 Å². The van der Waals surface area contributed by atoms with Gasteiger partial charge < -0.3 is 19.1 Å². The summed E-state index contributed by atoms with van der Waals surface area (Å²) in [6.45, 7) is 59.8. The molecular formula is C88H112BN3O. The monoisotopic (exact) mass is 1240 g/mol. The molecule has 0 saturated carbocycles. The molecule has 4 nitrogen and oxygen atoms in total. The largest absolute Gasteiger partial charge is 0.472 e. The van der Waals surface area contributed by atoms with Gasteiger partial charge in [-0.2, -0.15) is 0 Å². The van der Waals surface area contributed by atoms with Crippen molar-refractivity contribution in [3.8, 4) is 0 Å². The molecule has 3 heterocycles. The van der Waals surface area contributed by atoms with E-state index >= 15 is 0 Å². The van der Waals surface area contributed by atoms with Gasteiger partial charge in [-0.1, -0.05) is 197 Å². The van der Waals surface area contributed by atoms with E-state index in [0.717, 1.165) is 57.0 Å². The summed E-state index contributed by atoms with van der Waals surface area (Å²) in [5, 5.41) is 0. The lowest BCUT2D eigenvalue weighted by atomic mass is 9.35. The number of hydrogen-bond donors (Lipinski definition) is 0. The molecule has 0 unspecified atom stereocenters. The van der Waals surface area contributed by atoms with Crippen LogP contribution in [0.5, 0.6) is 0 Å². The molecule has 0 atom stereocenters. The highest BCUT2D eigenvalue weighted by molar-refractivity contribution is 6.99. The summed E-state index contributed by atoms with van der Waals surface area (Å²) in [7, 11) is 0. The highest BCUT2D eigenvalue weighted by Gasteiger charge is 2.55.